The molecule has 15 heavy (non-hydrogen) atoms. The lowest BCUT2D eigenvalue weighted by Gasteiger charge is -2.07. The predicted octanol–water partition coefficient (Wildman–Crippen LogP) is 3.32. The minimum Gasteiger partial charge on any atom is -0.471 e. The van der Waals surface area contributed by atoms with Gasteiger partial charge in [0, 0.05) is 6.92 Å². The highest BCUT2D eigenvalue weighted by Gasteiger charge is 2.28. The van der Waals surface area contributed by atoms with Gasteiger partial charge < -0.3 is 4.74 Å². The summed E-state index contributed by atoms with van der Waals surface area (Å²) >= 11 is 0. The highest BCUT2D eigenvalue weighted by Crippen LogP contribution is 2.16. The monoisotopic (exact) mass is 217 g/mol. The van der Waals surface area contributed by atoms with Crippen molar-refractivity contribution < 1.29 is 17.9 Å². The topological polar surface area (TPSA) is 21.6 Å². The standard InChI is InChI=1S/C10H10F3NO/c1-8(15-7-10(11,12)13)14-9-5-3-2-4-6-9/h2-6H,7H2,1H3. The number of hydrogen-bond donors (Lipinski definition) is 0. The van der Waals surface area contributed by atoms with Crippen LogP contribution in [-0.2, 0) is 4.74 Å². The van der Waals surface area contributed by atoms with Crippen LogP contribution in [0.2, 0.25) is 0 Å². The van der Waals surface area contributed by atoms with Crippen LogP contribution in [0.3, 0.4) is 0 Å². The minimum atomic E-state index is -4.33. The van der Waals surface area contributed by atoms with Crippen LogP contribution in [0.1, 0.15) is 6.92 Å². The molecule has 0 fully saturated rings. The Kier molecular flexibility index (Phi) is 3.71. The Morgan fingerprint density at radius 3 is 2.40 bits per heavy atom. The third-order valence-electron chi connectivity index (χ3n) is 1.49. The Balaban J connectivity index is 2.54. The average Bonchev–Trinajstić information content (AvgIpc) is 2.15. The number of para-hydroxylation sites is 1. The summed E-state index contributed by atoms with van der Waals surface area (Å²) in [6, 6.07) is 8.65. The molecular formula is C10H10F3NO. The Morgan fingerprint density at radius 2 is 1.87 bits per heavy atom. The molecule has 0 aliphatic heterocycles. The fourth-order valence-electron chi connectivity index (χ4n) is 0.903. The van der Waals surface area contributed by atoms with Crippen molar-refractivity contribution in [3.8, 4) is 0 Å². The van der Waals surface area contributed by atoms with Crippen molar-refractivity contribution in [2.75, 3.05) is 6.61 Å². The highest BCUT2D eigenvalue weighted by atomic mass is 19.4. The van der Waals surface area contributed by atoms with Gasteiger partial charge in [-0.15, -0.1) is 0 Å². The summed E-state index contributed by atoms with van der Waals surface area (Å²) in [6.07, 6.45) is -4.33. The normalized spacial score (nSPS) is 12.7. The van der Waals surface area contributed by atoms with Crippen molar-refractivity contribution in [3.63, 3.8) is 0 Å². The van der Waals surface area contributed by atoms with E-state index in [1.54, 1.807) is 30.3 Å². The van der Waals surface area contributed by atoms with Gasteiger partial charge in [0.1, 0.15) is 0 Å². The molecule has 5 heteroatoms. The summed E-state index contributed by atoms with van der Waals surface area (Å²) in [4.78, 5) is 3.86. The molecule has 0 saturated carbocycles. The van der Waals surface area contributed by atoms with Gasteiger partial charge >= 0.3 is 6.18 Å². The quantitative estimate of drug-likeness (QED) is 0.550. The second-order valence-corrected chi connectivity index (χ2v) is 2.87. The number of aliphatic imine (C=N–C) groups is 1. The average molecular weight is 217 g/mol. The summed E-state index contributed by atoms with van der Waals surface area (Å²) in [5, 5.41) is 0. The van der Waals surface area contributed by atoms with Gasteiger partial charge in [-0.2, -0.15) is 13.2 Å². The molecule has 0 amide bonds. The third-order valence-corrected chi connectivity index (χ3v) is 1.49. The van der Waals surface area contributed by atoms with E-state index in [0.717, 1.165) is 0 Å². The molecule has 0 heterocycles. The first-order chi connectivity index (χ1) is 6.97. The van der Waals surface area contributed by atoms with Gasteiger partial charge in [0.15, 0.2) is 12.5 Å². The van der Waals surface area contributed by atoms with Gasteiger partial charge in [0.05, 0.1) is 5.69 Å². The lowest BCUT2D eigenvalue weighted by atomic mass is 10.3. The molecule has 82 valence electrons. The number of halogens is 3. The summed E-state index contributed by atoms with van der Waals surface area (Å²) in [5.74, 6) is -0.00137. The van der Waals surface area contributed by atoms with Gasteiger partial charge in [0.2, 0.25) is 0 Å². The minimum absolute atomic E-state index is 0.00137. The molecule has 0 N–H and O–H groups in total. The largest absolute Gasteiger partial charge is 0.471 e. The van der Waals surface area contributed by atoms with Crippen molar-refractivity contribution in [1.82, 2.24) is 0 Å². The molecule has 0 unspecified atom stereocenters. The van der Waals surface area contributed by atoms with E-state index in [0.29, 0.717) is 5.69 Å². The molecular weight excluding hydrogens is 207 g/mol. The summed E-state index contributed by atoms with van der Waals surface area (Å²) in [7, 11) is 0. The summed E-state index contributed by atoms with van der Waals surface area (Å²) < 4.78 is 39.8. The molecule has 0 radical (unpaired) electrons. The maximum absolute atomic E-state index is 11.8. The van der Waals surface area contributed by atoms with Crippen LogP contribution >= 0.6 is 0 Å². The number of benzene rings is 1. The molecule has 0 spiro atoms. The second kappa shape index (κ2) is 4.82. The van der Waals surface area contributed by atoms with Crippen LogP contribution in [-0.4, -0.2) is 18.7 Å². The zero-order valence-electron chi connectivity index (χ0n) is 8.08. The van der Waals surface area contributed by atoms with Crippen molar-refractivity contribution in [2.24, 2.45) is 4.99 Å². The molecule has 1 aromatic rings. The van der Waals surface area contributed by atoms with E-state index in [1.165, 1.54) is 6.92 Å². The van der Waals surface area contributed by atoms with Gasteiger partial charge in [0.25, 0.3) is 0 Å². The molecule has 2 nitrogen and oxygen atoms in total. The molecule has 0 aromatic heterocycles. The highest BCUT2D eigenvalue weighted by molar-refractivity contribution is 5.76. The fourth-order valence-corrected chi connectivity index (χ4v) is 0.903. The Morgan fingerprint density at radius 1 is 1.27 bits per heavy atom. The molecule has 0 saturated heterocycles. The van der Waals surface area contributed by atoms with Crippen molar-refractivity contribution in [3.05, 3.63) is 30.3 Å². The maximum Gasteiger partial charge on any atom is 0.422 e. The molecule has 1 rings (SSSR count). The van der Waals surface area contributed by atoms with E-state index in [2.05, 4.69) is 9.73 Å². The number of alkyl halides is 3. The van der Waals surface area contributed by atoms with Crippen LogP contribution in [0.4, 0.5) is 18.9 Å². The van der Waals surface area contributed by atoms with E-state index < -0.39 is 12.8 Å². The molecule has 0 aliphatic rings. The number of hydrogen-bond acceptors (Lipinski definition) is 2. The van der Waals surface area contributed by atoms with Crippen molar-refractivity contribution in [2.45, 2.75) is 13.1 Å². The Labute approximate surface area is 85.4 Å². The molecule has 0 atom stereocenters. The van der Waals surface area contributed by atoms with Crippen LogP contribution < -0.4 is 0 Å². The van der Waals surface area contributed by atoms with Crippen LogP contribution in [0.15, 0.2) is 35.3 Å². The van der Waals surface area contributed by atoms with Gasteiger partial charge in [-0.05, 0) is 12.1 Å². The first-order valence-corrected chi connectivity index (χ1v) is 4.27. The van der Waals surface area contributed by atoms with E-state index in [4.69, 9.17) is 0 Å². The molecule has 1 aromatic carbocycles. The number of ether oxygens (including phenoxy) is 1. The Hall–Kier alpha value is -1.52. The van der Waals surface area contributed by atoms with Crippen LogP contribution in [0.25, 0.3) is 0 Å². The number of nitrogens with zero attached hydrogens (tertiary/aromatic N) is 1. The van der Waals surface area contributed by atoms with Gasteiger partial charge in [-0.1, -0.05) is 18.2 Å². The zero-order valence-corrected chi connectivity index (χ0v) is 8.08. The van der Waals surface area contributed by atoms with Crippen molar-refractivity contribution in [1.29, 1.82) is 0 Å². The van der Waals surface area contributed by atoms with E-state index in [9.17, 15) is 13.2 Å². The smallest absolute Gasteiger partial charge is 0.422 e. The summed E-state index contributed by atoms with van der Waals surface area (Å²) in [5.41, 5.74) is 0.567. The van der Waals surface area contributed by atoms with Gasteiger partial charge in [-0.25, -0.2) is 4.99 Å². The van der Waals surface area contributed by atoms with Crippen LogP contribution in [0, 0.1) is 0 Å². The summed E-state index contributed by atoms with van der Waals surface area (Å²) in [6.45, 7) is 0.0773. The Bertz CT molecular complexity index is 332. The number of rotatable bonds is 2. The first-order valence-electron chi connectivity index (χ1n) is 4.27. The SMILES string of the molecule is CC(=Nc1ccccc1)OCC(F)(F)F. The predicted molar refractivity (Wildman–Crippen MR) is 51.2 cm³/mol. The molecule has 0 aliphatic carbocycles. The van der Waals surface area contributed by atoms with E-state index in [1.807, 2.05) is 0 Å². The maximum atomic E-state index is 11.8. The molecule has 0 bridgehead atoms. The van der Waals surface area contributed by atoms with Crippen molar-refractivity contribution >= 4 is 11.6 Å². The first kappa shape index (κ1) is 11.6. The third kappa shape index (κ3) is 5.05. The van der Waals surface area contributed by atoms with E-state index in [-0.39, 0.29) is 5.90 Å². The fraction of sp³-hybridized carbons (Fsp3) is 0.300. The van der Waals surface area contributed by atoms with Gasteiger partial charge in [-0.3, -0.25) is 0 Å². The van der Waals surface area contributed by atoms with E-state index >= 15 is 0 Å². The lowest BCUT2D eigenvalue weighted by Crippen LogP contribution is -2.18. The second-order valence-electron chi connectivity index (χ2n) is 2.87. The van der Waals surface area contributed by atoms with Crippen LogP contribution in [0.5, 0.6) is 0 Å². The zero-order chi connectivity index (χ0) is 11.3. The lowest BCUT2D eigenvalue weighted by molar-refractivity contribution is -0.156.